The molecule has 3 heteroatoms. The highest BCUT2D eigenvalue weighted by Crippen LogP contribution is 2.28. The van der Waals surface area contributed by atoms with Crippen molar-refractivity contribution < 1.29 is 4.74 Å². The van der Waals surface area contributed by atoms with Crippen LogP contribution in [0.1, 0.15) is 57.6 Å². The average molecular weight is 293 g/mol. The van der Waals surface area contributed by atoms with Gasteiger partial charge in [0.25, 0.3) is 0 Å². The van der Waals surface area contributed by atoms with E-state index in [-0.39, 0.29) is 5.41 Å². The molecule has 1 rings (SSSR count). The number of nitrogens with two attached hydrogens (primary N) is 1. The Morgan fingerprint density at radius 3 is 2.55 bits per heavy atom. The minimum absolute atomic E-state index is 0.0911. The third-order valence-corrected chi connectivity index (χ3v) is 4.21. The molecule has 1 aromatic carbocycles. The van der Waals surface area contributed by atoms with Crippen molar-refractivity contribution in [2.75, 3.05) is 6.61 Å². The molecule has 0 saturated carbocycles. The van der Waals surface area contributed by atoms with E-state index in [9.17, 15) is 0 Å². The number of thiocarbonyl (C=S) groups is 1. The Labute approximate surface area is 128 Å². The molecule has 0 heterocycles. The number of ether oxygens (including phenoxy) is 1. The lowest BCUT2D eigenvalue weighted by atomic mass is 9.88. The molecule has 0 aliphatic carbocycles. The first-order valence-electron chi connectivity index (χ1n) is 7.27. The second-order valence-electron chi connectivity index (χ2n) is 6.40. The third kappa shape index (κ3) is 4.78. The van der Waals surface area contributed by atoms with Gasteiger partial charge in [-0.25, -0.2) is 0 Å². The standard InChI is InChI=1S/C17H27NOS/c1-12(2)14-8-7-13(3)11-15(14)19-10-6-9-17(4,5)16(18)20/h7-8,11-12H,6,9-10H2,1-5H3,(H2,18,20). The molecule has 0 fully saturated rings. The lowest BCUT2D eigenvalue weighted by Crippen LogP contribution is -2.30. The zero-order valence-electron chi connectivity index (χ0n) is 13.3. The van der Waals surface area contributed by atoms with Crippen LogP contribution in [0.2, 0.25) is 0 Å². The Kier molecular flexibility index (Phi) is 6.00. The summed E-state index contributed by atoms with van der Waals surface area (Å²) >= 11 is 5.08. The maximum atomic E-state index is 5.97. The SMILES string of the molecule is Cc1ccc(C(C)C)c(OCCCC(C)(C)C(N)=S)c1. The zero-order valence-corrected chi connectivity index (χ0v) is 14.1. The second kappa shape index (κ2) is 7.07. The molecule has 0 bridgehead atoms. The van der Waals surface area contributed by atoms with Crippen molar-refractivity contribution in [2.45, 2.75) is 53.4 Å². The summed E-state index contributed by atoms with van der Waals surface area (Å²) < 4.78 is 5.97. The van der Waals surface area contributed by atoms with E-state index in [1.807, 2.05) is 0 Å². The highest BCUT2D eigenvalue weighted by molar-refractivity contribution is 7.80. The molecule has 2 N–H and O–H groups in total. The summed E-state index contributed by atoms with van der Waals surface area (Å²) in [6, 6.07) is 6.42. The fourth-order valence-corrected chi connectivity index (χ4v) is 2.17. The Bertz CT molecular complexity index is 466. The minimum atomic E-state index is -0.0911. The van der Waals surface area contributed by atoms with Crippen LogP contribution in [0.25, 0.3) is 0 Å². The summed E-state index contributed by atoms with van der Waals surface area (Å²) in [4.78, 5) is 0.580. The summed E-state index contributed by atoms with van der Waals surface area (Å²) in [5.41, 5.74) is 8.14. The summed E-state index contributed by atoms with van der Waals surface area (Å²) in [7, 11) is 0. The molecule has 1 aromatic rings. The molecule has 0 aliphatic rings. The van der Waals surface area contributed by atoms with Crippen molar-refractivity contribution in [3.05, 3.63) is 29.3 Å². The average Bonchev–Trinajstić information content (AvgIpc) is 2.34. The lowest BCUT2D eigenvalue weighted by Gasteiger charge is -2.23. The van der Waals surface area contributed by atoms with Gasteiger partial charge >= 0.3 is 0 Å². The molecular weight excluding hydrogens is 266 g/mol. The first-order chi connectivity index (χ1) is 9.24. The molecule has 0 saturated heterocycles. The lowest BCUT2D eigenvalue weighted by molar-refractivity contribution is 0.284. The van der Waals surface area contributed by atoms with Crippen LogP contribution >= 0.6 is 12.2 Å². The van der Waals surface area contributed by atoms with E-state index < -0.39 is 0 Å². The molecule has 0 unspecified atom stereocenters. The van der Waals surface area contributed by atoms with Crippen LogP contribution < -0.4 is 10.5 Å². The van der Waals surface area contributed by atoms with E-state index in [0.29, 0.717) is 17.5 Å². The van der Waals surface area contributed by atoms with Gasteiger partial charge in [0, 0.05) is 5.41 Å². The molecule has 20 heavy (non-hydrogen) atoms. The van der Waals surface area contributed by atoms with E-state index >= 15 is 0 Å². The van der Waals surface area contributed by atoms with Crippen molar-refractivity contribution >= 4 is 17.2 Å². The molecule has 0 aromatic heterocycles. The van der Waals surface area contributed by atoms with Crippen LogP contribution in [-0.4, -0.2) is 11.6 Å². The first kappa shape index (κ1) is 17.0. The maximum absolute atomic E-state index is 5.97. The van der Waals surface area contributed by atoms with E-state index in [1.54, 1.807) is 0 Å². The number of benzene rings is 1. The van der Waals surface area contributed by atoms with Gasteiger partial charge in [0.15, 0.2) is 0 Å². The van der Waals surface area contributed by atoms with Gasteiger partial charge < -0.3 is 10.5 Å². The van der Waals surface area contributed by atoms with E-state index in [1.165, 1.54) is 11.1 Å². The second-order valence-corrected chi connectivity index (χ2v) is 6.84. The summed E-state index contributed by atoms with van der Waals surface area (Å²) in [6.45, 7) is 11.3. The Hall–Kier alpha value is -1.09. The highest BCUT2D eigenvalue weighted by Gasteiger charge is 2.20. The monoisotopic (exact) mass is 293 g/mol. The Morgan fingerprint density at radius 1 is 1.35 bits per heavy atom. The maximum Gasteiger partial charge on any atom is 0.122 e. The van der Waals surface area contributed by atoms with Crippen LogP contribution in [0.15, 0.2) is 18.2 Å². The third-order valence-electron chi connectivity index (χ3n) is 3.66. The number of rotatable bonds is 7. The van der Waals surface area contributed by atoms with Crippen LogP contribution in [0.4, 0.5) is 0 Å². The van der Waals surface area contributed by atoms with Gasteiger partial charge in [-0.3, -0.25) is 0 Å². The number of hydrogen-bond acceptors (Lipinski definition) is 2. The van der Waals surface area contributed by atoms with Gasteiger partial charge in [-0.15, -0.1) is 0 Å². The molecule has 0 atom stereocenters. The molecule has 0 aliphatic heterocycles. The molecule has 0 radical (unpaired) electrons. The normalized spacial score (nSPS) is 11.7. The number of hydrogen-bond donors (Lipinski definition) is 1. The first-order valence-corrected chi connectivity index (χ1v) is 7.68. The van der Waals surface area contributed by atoms with Gasteiger partial charge in [0.05, 0.1) is 11.6 Å². The van der Waals surface area contributed by atoms with E-state index in [0.717, 1.165) is 18.6 Å². The van der Waals surface area contributed by atoms with Gasteiger partial charge in [0.2, 0.25) is 0 Å². The fraction of sp³-hybridized carbons (Fsp3) is 0.588. The molecule has 112 valence electrons. The van der Waals surface area contributed by atoms with Crippen molar-refractivity contribution in [1.29, 1.82) is 0 Å². The largest absolute Gasteiger partial charge is 0.493 e. The summed E-state index contributed by atoms with van der Waals surface area (Å²) in [5.74, 6) is 1.48. The smallest absolute Gasteiger partial charge is 0.122 e. The molecule has 0 amide bonds. The highest BCUT2D eigenvalue weighted by atomic mass is 32.1. The van der Waals surface area contributed by atoms with Gasteiger partial charge in [-0.2, -0.15) is 0 Å². The summed E-state index contributed by atoms with van der Waals surface area (Å²) in [5, 5.41) is 0. The molecular formula is C17H27NOS. The Morgan fingerprint density at radius 2 is 2.00 bits per heavy atom. The fourth-order valence-electron chi connectivity index (χ4n) is 2.06. The predicted octanol–water partition coefficient (Wildman–Crippen LogP) is 4.59. The quantitative estimate of drug-likeness (QED) is 0.590. The molecule has 2 nitrogen and oxygen atoms in total. The van der Waals surface area contributed by atoms with Crippen molar-refractivity contribution in [3.63, 3.8) is 0 Å². The van der Waals surface area contributed by atoms with Gasteiger partial charge in [0.1, 0.15) is 5.75 Å². The minimum Gasteiger partial charge on any atom is -0.493 e. The predicted molar refractivity (Wildman–Crippen MR) is 90.6 cm³/mol. The van der Waals surface area contributed by atoms with Gasteiger partial charge in [-0.05, 0) is 42.9 Å². The summed E-state index contributed by atoms with van der Waals surface area (Å²) in [6.07, 6.45) is 1.90. The van der Waals surface area contributed by atoms with Crippen LogP contribution in [-0.2, 0) is 0 Å². The van der Waals surface area contributed by atoms with E-state index in [4.69, 9.17) is 22.7 Å². The van der Waals surface area contributed by atoms with Crippen molar-refractivity contribution in [3.8, 4) is 5.75 Å². The van der Waals surface area contributed by atoms with E-state index in [2.05, 4.69) is 52.8 Å². The number of aryl methyl sites for hydroxylation is 1. The van der Waals surface area contributed by atoms with Crippen molar-refractivity contribution in [2.24, 2.45) is 11.1 Å². The van der Waals surface area contributed by atoms with Gasteiger partial charge in [-0.1, -0.05) is 52.0 Å². The zero-order chi connectivity index (χ0) is 15.3. The van der Waals surface area contributed by atoms with Crippen molar-refractivity contribution in [1.82, 2.24) is 0 Å². The van der Waals surface area contributed by atoms with Crippen LogP contribution in [0, 0.1) is 12.3 Å². The topological polar surface area (TPSA) is 35.2 Å². The Balaban J connectivity index is 2.58. The van der Waals surface area contributed by atoms with Crippen LogP contribution in [0.3, 0.4) is 0 Å². The van der Waals surface area contributed by atoms with Crippen LogP contribution in [0.5, 0.6) is 5.75 Å². The molecule has 0 spiro atoms.